The molecule has 2 heterocycles. The number of esters is 1. The van der Waals surface area contributed by atoms with Gasteiger partial charge in [0.05, 0.1) is 20.1 Å². The van der Waals surface area contributed by atoms with Gasteiger partial charge in [-0.1, -0.05) is 36.4 Å². The van der Waals surface area contributed by atoms with Crippen LogP contribution in [0, 0.1) is 6.92 Å². The molecule has 34 heavy (non-hydrogen) atoms. The second-order valence-corrected chi connectivity index (χ2v) is 8.33. The Balaban J connectivity index is 1.50. The van der Waals surface area contributed by atoms with Crippen LogP contribution in [0.4, 0.5) is 0 Å². The molecule has 1 aliphatic heterocycles. The average molecular weight is 456 g/mol. The summed E-state index contributed by atoms with van der Waals surface area (Å²) < 4.78 is 22.7. The van der Waals surface area contributed by atoms with Gasteiger partial charge < -0.3 is 18.6 Å². The highest BCUT2D eigenvalue weighted by atomic mass is 16.5. The maximum absolute atomic E-state index is 12.4. The minimum atomic E-state index is -0.436. The molecule has 3 aromatic carbocycles. The van der Waals surface area contributed by atoms with Crippen molar-refractivity contribution in [3.8, 4) is 17.2 Å². The van der Waals surface area contributed by atoms with E-state index in [1.807, 2.05) is 49.4 Å². The molecule has 0 saturated carbocycles. The molecule has 6 heteroatoms. The second kappa shape index (κ2) is 9.06. The van der Waals surface area contributed by atoms with Crippen LogP contribution < -0.4 is 19.8 Å². The summed E-state index contributed by atoms with van der Waals surface area (Å²) in [6.45, 7) is 2.37. The molecule has 0 amide bonds. The minimum Gasteiger partial charge on any atom is -0.493 e. The van der Waals surface area contributed by atoms with E-state index in [4.69, 9.17) is 18.6 Å². The fourth-order valence-corrected chi connectivity index (χ4v) is 4.47. The van der Waals surface area contributed by atoms with Gasteiger partial charge in [0.1, 0.15) is 11.3 Å². The highest BCUT2D eigenvalue weighted by Crippen LogP contribution is 2.44. The third-order valence-corrected chi connectivity index (χ3v) is 6.14. The van der Waals surface area contributed by atoms with Crippen LogP contribution in [0.25, 0.3) is 11.0 Å². The molecule has 0 bridgehead atoms. The van der Waals surface area contributed by atoms with E-state index < -0.39 is 5.63 Å². The number of ether oxygens (including phenoxy) is 3. The molecule has 0 saturated heterocycles. The first-order valence-corrected chi connectivity index (χ1v) is 11.2. The van der Waals surface area contributed by atoms with Gasteiger partial charge in [0.25, 0.3) is 0 Å². The van der Waals surface area contributed by atoms with E-state index in [0.29, 0.717) is 35.0 Å². The number of rotatable bonds is 6. The van der Waals surface area contributed by atoms with E-state index in [0.717, 1.165) is 22.9 Å². The second-order valence-electron chi connectivity index (χ2n) is 8.33. The molecule has 1 atom stereocenters. The normalized spacial score (nSPS) is 15.0. The van der Waals surface area contributed by atoms with E-state index in [-0.39, 0.29) is 18.3 Å². The van der Waals surface area contributed by atoms with Gasteiger partial charge in [-0.15, -0.1) is 0 Å². The van der Waals surface area contributed by atoms with Crippen molar-refractivity contribution in [1.82, 2.24) is 0 Å². The number of methoxy groups -OCH3 is 1. The molecule has 0 N–H and O–H groups in total. The lowest BCUT2D eigenvalue weighted by Crippen LogP contribution is -2.21. The molecule has 0 aliphatic carbocycles. The number of carbonyl (C=O) groups is 1. The quantitative estimate of drug-likeness (QED) is 0.226. The molecular weight excluding hydrogens is 432 g/mol. The first-order valence-electron chi connectivity index (χ1n) is 11.2. The van der Waals surface area contributed by atoms with Crippen molar-refractivity contribution in [2.24, 2.45) is 0 Å². The summed E-state index contributed by atoms with van der Waals surface area (Å²) in [6, 6.07) is 20.8. The Morgan fingerprint density at radius 1 is 0.971 bits per heavy atom. The summed E-state index contributed by atoms with van der Waals surface area (Å²) in [7, 11) is 1.59. The first kappa shape index (κ1) is 21.8. The molecule has 5 rings (SSSR count). The zero-order valence-corrected chi connectivity index (χ0v) is 19.0. The van der Waals surface area contributed by atoms with Crippen molar-refractivity contribution in [3.05, 3.63) is 99.4 Å². The largest absolute Gasteiger partial charge is 0.493 e. The van der Waals surface area contributed by atoms with E-state index in [2.05, 4.69) is 12.1 Å². The first-order chi connectivity index (χ1) is 16.5. The number of hydrogen-bond acceptors (Lipinski definition) is 6. The summed E-state index contributed by atoms with van der Waals surface area (Å²) in [5.74, 6) is 0.917. The lowest BCUT2D eigenvalue weighted by Gasteiger charge is -2.26. The number of hydrogen-bond donors (Lipinski definition) is 0. The Labute approximate surface area is 196 Å². The Morgan fingerprint density at radius 2 is 1.79 bits per heavy atom. The predicted molar refractivity (Wildman–Crippen MR) is 128 cm³/mol. The van der Waals surface area contributed by atoms with Crippen LogP contribution in [-0.2, 0) is 11.2 Å². The predicted octanol–water partition coefficient (Wildman–Crippen LogP) is 5.17. The molecule has 0 unspecified atom stereocenters. The van der Waals surface area contributed by atoms with Gasteiger partial charge in [-0.25, -0.2) is 4.79 Å². The zero-order chi connectivity index (χ0) is 23.7. The van der Waals surface area contributed by atoms with Crippen LogP contribution >= 0.6 is 0 Å². The third-order valence-electron chi connectivity index (χ3n) is 6.14. The van der Waals surface area contributed by atoms with Crippen LogP contribution in [0.1, 0.15) is 34.6 Å². The van der Waals surface area contributed by atoms with Crippen LogP contribution in [-0.4, -0.2) is 19.7 Å². The molecule has 0 spiro atoms. The lowest BCUT2D eigenvalue weighted by molar-refractivity contribution is -0.135. The summed E-state index contributed by atoms with van der Waals surface area (Å²) in [5.41, 5.74) is 3.55. The van der Waals surface area contributed by atoms with Gasteiger partial charge in [0.2, 0.25) is 0 Å². The number of benzene rings is 3. The topological polar surface area (TPSA) is 75.0 Å². The minimum absolute atomic E-state index is 0.126. The van der Waals surface area contributed by atoms with Crippen LogP contribution in [0.15, 0.2) is 75.9 Å². The zero-order valence-electron chi connectivity index (χ0n) is 19.0. The van der Waals surface area contributed by atoms with E-state index in [9.17, 15) is 9.59 Å². The van der Waals surface area contributed by atoms with Crippen molar-refractivity contribution in [2.75, 3.05) is 13.7 Å². The van der Waals surface area contributed by atoms with Gasteiger partial charge >= 0.3 is 11.6 Å². The number of fused-ring (bicyclic) bond motifs is 3. The van der Waals surface area contributed by atoms with Crippen molar-refractivity contribution in [1.29, 1.82) is 0 Å². The molecule has 172 valence electrons. The van der Waals surface area contributed by atoms with Gasteiger partial charge in [0.15, 0.2) is 11.5 Å². The Kier molecular flexibility index (Phi) is 5.80. The third kappa shape index (κ3) is 4.15. The van der Waals surface area contributed by atoms with Gasteiger partial charge in [-0.3, -0.25) is 4.79 Å². The maximum Gasteiger partial charge on any atom is 0.336 e. The van der Waals surface area contributed by atoms with E-state index >= 15 is 0 Å². The van der Waals surface area contributed by atoms with Gasteiger partial charge in [0, 0.05) is 29.4 Å². The maximum atomic E-state index is 12.4. The van der Waals surface area contributed by atoms with Gasteiger partial charge in [-0.2, -0.15) is 0 Å². The van der Waals surface area contributed by atoms with Crippen LogP contribution in [0.5, 0.6) is 17.2 Å². The highest BCUT2D eigenvalue weighted by molar-refractivity contribution is 5.90. The molecule has 0 radical (unpaired) electrons. The molecular formula is C28H24O6. The number of carbonyl (C=O) groups excluding carboxylic acids is 1. The average Bonchev–Trinajstić information content (AvgIpc) is 2.84. The summed E-state index contributed by atoms with van der Waals surface area (Å²) in [5, 5.41) is 0.814. The van der Waals surface area contributed by atoms with Crippen LogP contribution in [0.2, 0.25) is 0 Å². The Morgan fingerprint density at radius 3 is 2.59 bits per heavy atom. The monoisotopic (exact) mass is 456 g/mol. The van der Waals surface area contributed by atoms with E-state index in [1.165, 1.54) is 11.6 Å². The summed E-state index contributed by atoms with van der Waals surface area (Å²) in [4.78, 5) is 24.5. The van der Waals surface area contributed by atoms with Crippen molar-refractivity contribution in [2.45, 2.75) is 25.7 Å². The highest BCUT2D eigenvalue weighted by Gasteiger charge is 2.32. The van der Waals surface area contributed by atoms with Crippen LogP contribution in [0.3, 0.4) is 0 Å². The van der Waals surface area contributed by atoms with E-state index in [1.54, 1.807) is 13.2 Å². The standard InChI is InChI=1S/C28H24O6/c1-17-14-25(29)34-28-20(17)9-11-23-27(28)21(16-26(30)33-23)19-8-10-22(24(15-19)31-2)32-13-12-18-6-4-3-5-7-18/h3-11,14-15,21H,12-13,16H2,1-2H3/t21-/m0/s1. The SMILES string of the molecule is COc1cc([C@@H]2CC(=O)Oc3ccc4c(C)cc(=O)oc4c32)ccc1OCCc1ccccc1. The fourth-order valence-electron chi connectivity index (χ4n) is 4.47. The summed E-state index contributed by atoms with van der Waals surface area (Å²) >= 11 is 0. The number of aryl methyl sites for hydroxylation is 1. The Bertz CT molecular complexity index is 1420. The van der Waals surface area contributed by atoms with Crippen molar-refractivity contribution in [3.63, 3.8) is 0 Å². The molecule has 4 aromatic rings. The fraction of sp³-hybridized carbons (Fsp3) is 0.214. The molecule has 6 nitrogen and oxygen atoms in total. The lowest BCUT2D eigenvalue weighted by atomic mass is 9.85. The van der Waals surface area contributed by atoms with Crippen molar-refractivity contribution >= 4 is 16.9 Å². The van der Waals surface area contributed by atoms with Crippen molar-refractivity contribution < 1.29 is 23.4 Å². The summed E-state index contributed by atoms with van der Waals surface area (Å²) in [6.07, 6.45) is 0.902. The Hall–Kier alpha value is -4.06. The van der Waals surface area contributed by atoms with Gasteiger partial charge in [-0.05, 0) is 47.9 Å². The molecule has 0 fully saturated rings. The molecule has 1 aliphatic rings. The molecule has 1 aromatic heterocycles. The smallest absolute Gasteiger partial charge is 0.336 e.